The first kappa shape index (κ1) is 26.0. The van der Waals surface area contributed by atoms with E-state index >= 15 is 0 Å². The van der Waals surface area contributed by atoms with Gasteiger partial charge in [-0.1, -0.05) is 24.3 Å². The third-order valence-electron chi connectivity index (χ3n) is 6.15. The van der Waals surface area contributed by atoms with Crippen LogP contribution in [0.15, 0.2) is 72.0 Å². The summed E-state index contributed by atoms with van der Waals surface area (Å²) in [4.78, 5) is 30.6. The Kier molecular flexibility index (Phi) is 8.30. The number of hydrogen-bond donors (Lipinski definition) is 1. The van der Waals surface area contributed by atoms with Gasteiger partial charge in [-0.2, -0.15) is 0 Å². The summed E-state index contributed by atoms with van der Waals surface area (Å²) >= 11 is 0. The Labute approximate surface area is 215 Å². The number of aromatic nitrogens is 3. The number of hydrogen-bond acceptors (Lipinski definition) is 4. The molecule has 0 bridgehead atoms. The van der Waals surface area contributed by atoms with Crippen LogP contribution in [0.2, 0.25) is 0 Å². The van der Waals surface area contributed by atoms with Crippen molar-refractivity contribution in [2.24, 2.45) is 0 Å². The van der Waals surface area contributed by atoms with E-state index in [1.807, 2.05) is 42.8 Å². The highest BCUT2D eigenvalue weighted by Gasteiger charge is 2.14. The highest BCUT2D eigenvalue weighted by Crippen LogP contribution is 2.18. The molecule has 0 atom stereocenters. The molecule has 2 heterocycles. The Morgan fingerprint density at radius 1 is 1.05 bits per heavy atom. The lowest BCUT2D eigenvalue weighted by atomic mass is 10.0. The fourth-order valence-electron chi connectivity index (χ4n) is 4.26. The molecule has 0 saturated carbocycles. The predicted molar refractivity (Wildman–Crippen MR) is 141 cm³/mol. The number of benzene rings is 2. The first-order valence-electron chi connectivity index (χ1n) is 12.2. The fourth-order valence-corrected chi connectivity index (χ4v) is 4.26. The van der Waals surface area contributed by atoms with Crippen LogP contribution in [-0.2, 0) is 17.7 Å². The quantitative estimate of drug-likeness (QED) is 0.330. The van der Waals surface area contributed by atoms with Crippen LogP contribution in [0.25, 0.3) is 5.69 Å². The van der Waals surface area contributed by atoms with Gasteiger partial charge < -0.3 is 19.2 Å². The molecule has 0 spiro atoms. The zero-order valence-electron chi connectivity index (χ0n) is 21.3. The molecule has 0 radical (unpaired) electrons. The highest BCUT2D eigenvalue weighted by molar-refractivity contribution is 5.94. The average molecular weight is 503 g/mol. The van der Waals surface area contributed by atoms with Crippen molar-refractivity contribution in [1.82, 2.24) is 19.4 Å². The topological polar surface area (TPSA) is 78.2 Å². The van der Waals surface area contributed by atoms with Gasteiger partial charge in [0.2, 0.25) is 0 Å². The number of methoxy groups -OCH3 is 1. The first-order chi connectivity index (χ1) is 17.8. The highest BCUT2D eigenvalue weighted by atomic mass is 19.1. The number of carbonyl (C=O) groups is 1. The van der Waals surface area contributed by atoms with Gasteiger partial charge in [-0.05, 0) is 61.2 Å². The van der Waals surface area contributed by atoms with Crippen LogP contribution in [0.5, 0.6) is 0 Å². The van der Waals surface area contributed by atoms with Crippen LogP contribution in [0.1, 0.15) is 44.7 Å². The molecule has 0 aliphatic carbocycles. The van der Waals surface area contributed by atoms with Gasteiger partial charge >= 0.3 is 0 Å². The molecule has 2 aromatic heterocycles. The molecule has 0 saturated heterocycles. The summed E-state index contributed by atoms with van der Waals surface area (Å²) < 4.78 is 21.9. The summed E-state index contributed by atoms with van der Waals surface area (Å²) in [5.74, 6) is -0.599. The van der Waals surface area contributed by atoms with Gasteiger partial charge in [-0.15, -0.1) is 0 Å². The third kappa shape index (κ3) is 6.59. The fraction of sp³-hybridized carbons (Fsp3) is 0.276. The molecule has 1 N–H and O–H groups in total. The number of amides is 1. The number of imidazole rings is 1. The molecule has 0 unspecified atom stereocenters. The van der Waals surface area contributed by atoms with E-state index in [0.29, 0.717) is 37.1 Å². The Bertz CT molecular complexity index is 1440. The predicted octanol–water partition coefficient (Wildman–Crippen LogP) is 4.20. The van der Waals surface area contributed by atoms with Crippen LogP contribution in [0, 0.1) is 19.7 Å². The zero-order valence-corrected chi connectivity index (χ0v) is 21.3. The second-order valence-corrected chi connectivity index (χ2v) is 9.14. The molecule has 4 rings (SSSR count). The number of halogens is 1. The van der Waals surface area contributed by atoms with E-state index in [0.717, 1.165) is 28.1 Å². The van der Waals surface area contributed by atoms with Gasteiger partial charge in [0.1, 0.15) is 5.82 Å². The van der Waals surface area contributed by atoms with Crippen molar-refractivity contribution >= 4 is 5.91 Å². The molecule has 192 valence electrons. The zero-order chi connectivity index (χ0) is 26.4. The minimum Gasteiger partial charge on any atom is -0.385 e. The lowest BCUT2D eigenvalue weighted by Gasteiger charge is -2.14. The number of aryl methyl sites for hydroxylation is 2. The average Bonchev–Trinajstić information content (AvgIpc) is 3.31. The van der Waals surface area contributed by atoms with Crippen LogP contribution >= 0.6 is 0 Å². The maximum Gasteiger partial charge on any atom is 0.254 e. The minimum atomic E-state index is -0.342. The van der Waals surface area contributed by atoms with Crippen LogP contribution in [0.3, 0.4) is 0 Å². The Balaban J connectivity index is 1.64. The van der Waals surface area contributed by atoms with Gasteiger partial charge in [-0.25, -0.2) is 9.37 Å². The summed E-state index contributed by atoms with van der Waals surface area (Å²) in [5.41, 5.74) is 5.45. The standard InChI is InChI=1S/C29H31FN4O3/c1-20-13-23(7-10-27(20)34-16-21(2)32-19-34)14-24-15-25(28(35)31-11-4-12-37-3)18-33(29(24)36)17-22-5-8-26(30)9-6-22/h5-10,13,15-16,18-19H,4,11-12,14,17H2,1-3H3,(H,31,35). The van der Waals surface area contributed by atoms with Crippen LogP contribution in [0.4, 0.5) is 4.39 Å². The van der Waals surface area contributed by atoms with Gasteiger partial charge in [-0.3, -0.25) is 9.59 Å². The number of nitrogens with zero attached hydrogens (tertiary/aromatic N) is 3. The molecule has 7 nitrogen and oxygen atoms in total. The van der Waals surface area contributed by atoms with Gasteiger partial charge in [0, 0.05) is 50.3 Å². The lowest BCUT2D eigenvalue weighted by Crippen LogP contribution is -2.30. The van der Waals surface area contributed by atoms with Crippen molar-refractivity contribution in [3.8, 4) is 5.69 Å². The Morgan fingerprint density at radius 2 is 1.81 bits per heavy atom. The van der Waals surface area contributed by atoms with Crippen LogP contribution in [-0.4, -0.2) is 40.3 Å². The van der Waals surface area contributed by atoms with Crippen molar-refractivity contribution in [3.05, 3.63) is 117 Å². The minimum absolute atomic E-state index is 0.188. The first-order valence-corrected chi connectivity index (χ1v) is 12.2. The molecule has 0 fully saturated rings. The molecule has 1 amide bonds. The molecule has 2 aromatic carbocycles. The van der Waals surface area contributed by atoms with E-state index in [9.17, 15) is 14.0 Å². The van der Waals surface area contributed by atoms with Gasteiger partial charge in [0.25, 0.3) is 11.5 Å². The third-order valence-corrected chi connectivity index (χ3v) is 6.15. The second-order valence-electron chi connectivity index (χ2n) is 9.14. The maximum atomic E-state index is 13.4. The van der Waals surface area contributed by atoms with Crippen molar-refractivity contribution in [2.45, 2.75) is 33.2 Å². The van der Waals surface area contributed by atoms with E-state index in [2.05, 4.69) is 10.3 Å². The monoisotopic (exact) mass is 502 g/mol. The number of nitrogens with one attached hydrogen (secondary N) is 1. The van der Waals surface area contributed by atoms with E-state index in [4.69, 9.17) is 4.74 Å². The van der Waals surface area contributed by atoms with Gasteiger partial charge in [0.15, 0.2) is 0 Å². The van der Waals surface area contributed by atoms with Crippen molar-refractivity contribution in [1.29, 1.82) is 0 Å². The largest absolute Gasteiger partial charge is 0.385 e. The van der Waals surface area contributed by atoms with E-state index in [1.54, 1.807) is 37.8 Å². The van der Waals surface area contributed by atoms with Crippen LogP contribution < -0.4 is 10.9 Å². The SMILES string of the molecule is COCCCNC(=O)c1cc(Cc2ccc(-n3cnc(C)c3)c(C)c2)c(=O)n(Cc2ccc(F)cc2)c1. The molecule has 37 heavy (non-hydrogen) atoms. The Morgan fingerprint density at radius 3 is 2.49 bits per heavy atom. The van der Waals surface area contributed by atoms with E-state index in [1.165, 1.54) is 16.7 Å². The van der Waals surface area contributed by atoms with Gasteiger partial charge in [0.05, 0.1) is 24.1 Å². The number of ether oxygens (including phenoxy) is 1. The van der Waals surface area contributed by atoms with Crippen molar-refractivity contribution in [3.63, 3.8) is 0 Å². The summed E-state index contributed by atoms with van der Waals surface area (Å²) in [6, 6.07) is 13.7. The second kappa shape index (κ2) is 11.8. The van der Waals surface area contributed by atoms with E-state index in [-0.39, 0.29) is 23.8 Å². The normalized spacial score (nSPS) is 11.0. The van der Waals surface area contributed by atoms with Crippen molar-refractivity contribution < 1.29 is 13.9 Å². The summed E-state index contributed by atoms with van der Waals surface area (Å²) in [6.45, 7) is 5.20. The number of rotatable bonds is 10. The number of carbonyl (C=O) groups excluding carboxylic acids is 1. The van der Waals surface area contributed by atoms with Crippen molar-refractivity contribution in [2.75, 3.05) is 20.3 Å². The van der Waals surface area contributed by atoms with E-state index < -0.39 is 0 Å². The summed E-state index contributed by atoms with van der Waals surface area (Å²) in [5, 5.41) is 2.89. The molecular weight excluding hydrogens is 471 g/mol. The smallest absolute Gasteiger partial charge is 0.254 e. The Hall–Kier alpha value is -4.04. The lowest BCUT2D eigenvalue weighted by molar-refractivity contribution is 0.0947. The number of pyridine rings is 1. The summed E-state index contributed by atoms with van der Waals surface area (Å²) in [6.07, 6.45) is 6.37. The molecule has 0 aliphatic heterocycles. The summed E-state index contributed by atoms with van der Waals surface area (Å²) in [7, 11) is 1.62. The molecular formula is C29H31FN4O3. The maximum absolute atomic E-state index is 13.4. The molecule has 4 aromatic rings. The molecule has 0 aliphatic rings. The molecule has 8 heteroatoms.